The van der Waals surface area contributed by atoms with Gasteiger partial charge in [-0.15, -0.1) is 0 Å². The topological polar surface area (TPSA) is 61.3 Å². The number of rotatable bonds is 6. The van der Waals surface area contributed by atoms with Crippen molar-refractivity contribution in [1.29, 1.82) is 0 Å². The average Bonchev–Trinajstić information content (AvgIpc) is 2.74. The van der Waals surface area contributed by atoms with Crippen molar-refractivity contribution in [3.63, 3.8) is 0 Å². The highest BCUT2D eigenvalue weighted by atomic mass is 16.3. The summed E-state index contributed by atoms with van der Waals surface area (Å²) in [6.07, 6.45) is 4.39. The van der Waals surface area contributed by atoms with Gasteiger partial charge in [-0.05, 0) is 43.4 Å². The van der Waals surface area contributed by atoms with E-state index in [-0.39, 0.29) is 12.6 Å². The van der Waals surface area contributed by atoms with E-state index in [9.17, 15) is 5.11 Å². The molecule has 1 unspecified atom stereocenters. The molecule has 2 N–H and O–H groups in total. The number of nitrogens with zero attached hydrogens (tertiary/aromatic N) is 3. The van der Waals surface area contributed by atoms with Crippen molar-refractivity contribution in [3.8, 4) is 0 Å². The number of aromatic nitrogens is 2. The summed E-state index contributed by atoms with van der Waals surface area (Å²) in [7, 11) is 0. The Balaban J connectivity index is 1.64. The number of aliphatic hydroxyl groups is 1. The highest BCUT2D eigenvalue weighted by Crippen LogP contribution is 2.26. The van der Waals surface area contributed by atoms with Crippen LogP contribution in [0.25, 0.3) is 10.9 Å². The molecule has 1 atom stereocenters. The molecule has 1 saturated heterocycles. The van der Waals surface area contributed by atoms with Crippen molar-refractivity contribution < 1.29 is 5.11 Å². The van der Waals surface area contributed by atoms with Gasteiger partial charge in [-0.1, -0.05) is 42.5 Å². The van der Waals surface area contributed by atoms with E-state index in [1.165, 1.54) is 24.8 Å². The van der Waals surface area contributed by atoms with E-state index in [0.717, 1.165) is 42.2 Å². The Morgan fingerprint density at radius 3 is 2.44 bits per heavy atom. The smallest absolute Gasteiger partial charge is 0.227 e. The van der Waals surface area contributed by atoms with Crippen molar-refractivity contribution in [3.05, 3.63) is 60.2 Å². The normalized spacial score (nSPS) is 15.7. The predicted molar refractivity (Wildman–Crippen MR) is 110 cm³/mol. The Labute approximate surface area is 160 Å². The fourth-order valence-electron chi connectivity index (χ4n) is 3.66. The molecule has 2 aromatic carbocycles. The molecule has 5 heteroatoms. The van der Waals surface area contributed by atoms with Gasteiger partial charge in [0.25, 0.3) is 0 Å². The molecule has 4 rings (SSSR count). The molecule has 1 fully saturated rings. The third-order valence-corrected chi connectivity index (χ3v) is 5.12. The van der Waals surface area contributed by atoms with E-state index in [1.807, 2.05) is 42.5 Å². The van der Waals surface area contributed by atoms with Crippen LogP contribution in [0.15, 0.2) is 54.6 Å². The van der Waals surface area contributed by atoms with Crippen molar-refractivity contribution in [2.75, 3.05) is 29.9 Å². The van der Waals surface area contributed by atoms with Gasteiger partial charge in [0.05, 0.1) is 18.2 Å². The Morgan fingerprint density at radius 1 is 0.926 bits per heavy atom. The van der Waals surface area contributed by atoms with Gasteiger partial charge in [0.1, 0.15) is 5.82 Å². The molecule has 5 nitrogen and oxygen atoms in total. The summed E-state index contributed by atoms with van der Waals surface area (Å²) in [5.74, 6) is 1.59. The molecular formula is C22H26N4O. The minimum Gasteiger partial charge on any atom is -0.394 e. The van der Waals surface area contributed by atoms with Gasteiger partial charge >= 0.3 is 0 Å². The van der Waals surface area contributed by atoms with E-state index >= 15 is 0 Å². The molecule has 1 aliphatic heterocycles. The Morgan fingerprint density at radius 2 is 1.67 bits per heavy atom. The number of anilines is 2. The first-order valence-electron chi connectivity index (χ1n) is 9.76. The van der Waals surface area contributed by atoms with E-state index in [1.54, 1.807) is 0 Å². The number of aliphatic hydroxyl groups excluding tert-OH is 1. The standard InChI is InChI=1S/C22H26N4O/c27-16-18(15-17-9-3-1-4-10-17)23-21-19-11-5-6-12-20(19)24-22(25-21)26-13-7-2-8-14-26/h1,3-6,9-12,18,27H,2,7-8,13-16H2,(H,23,24,25). The Hall–Kier alpha value is -2.66. The van der Waals surface area contributed by atoms with Gasteiger partial charge in [-0.25, -0.2) is 4.98 Å². The second-order valence-corrected chi connectivity index (χ2v) is 7.15. The van der Waals surface area contributed by atoms with Crippen LogP contribution in [0.3, 0.4) is 0 Å². The first-order chi connectivity index (χ1) is 13.3. The van der Waals surface area contributed by atoms with Crippen LogP contribution >= 0.6 is 0 Å². The van der Waals surface area contributed by atoms with Gasteiger partial charge in [0, 0.05) is 18.5 Å². The Kier molecular flexibility index (Phi) is 5.49. The number of hydrogen-bond acceptors (Lipinski definition) is 5. The minimum absolute atomic E-state index is 0.0479. The van der Waals surface area contributed by atoms with Gasteiger partial charge in [-0.2, -0.15) is 4.98 Å². The summed E-state index contributed by atoms with van der Waals surface area (Å²) in [6, 6.07) is 18.2. The number of hydrogen-bond donors (Lipinski definition) is 2. The lowest BCUT2D eigenvalue weighted by Crippen LogP contribution is -2.32. The first-order valence-corrected chi connectivity index (χ1v) is 9.76. The maximum absolute atomic E-state index is 9.92. The predicted octanol–water partition coefficient (Wildman–Crippen LogP) is 3.64. The van der Waals surface area contributed by atoms with Crippen molar-refractivity contribution in [1.82, 2.24) is 9.97 Å². The largest absolute Gasteiger partial charge is 0.394 e. The molecule has 0 bridgehead atoms. The lowest BCUT2D eigenvalue weighted by molar-refractivity contribution is 0.273. The van der Waals surface area contributed by atoms with E-state index in [2.05, 4.69) is 22.3 Å². The molecule has 0 amide bonds. The molecule has 3 aromatic rings. The van der Waals surface area contributed by atoms with Crippen LogP contribution in [0.4, 0.5) is 11.8 Å². The Bertz CT molecular complexity index is 878. The maximum Gasteiger partial charge on any atom is 0.227 e. The highest BCUT2D eigenvalue weighted by Gasteiger charge is 2.18. The molecule has 1 aromatic heterocycles. The molecule has 0 radical (unpaired) electrons. The van der Waals surface area contributed by atoms with Crippen LogP contribution in [0.5, 0.6) is 0 Å². The second kappa shape index (κ2) is 8.35. The van der Waals surface area contributed by atoms with Crippen LogP contribution < -0.4 is 10.2 Å². The highest BCUT2D eigenvalue weighted by molar-refractivity contribution is 5.90. The van der Waals surface area contributed by atoms with E-state index in [4.69, 9.17) is 9.97 Å². The summed E-state index contributed by atoms with van der Waals surface area (Å²) in [5, 5.41) is 14.4. The van der Waals surface area contributed by atoms with Crippen LogP contribution in [0, 0.1) is 0 Å². The first kappa shape index (κ1) is 17.7. The number of benzene rings is 2. The number of fused-ring (bicyclic) bond motifs is 1. The summed E-state index contributed by atoms with van der Waals surface area (Å²) < 4.78 is 0. The molecule has 0 saturated carbocycles. The fourth-order valence-corrected chi connectivity index (χ4v) is 3.66. The van der Waals surface area contributed by atoms with E-state index in [0.29, 0.717) is 0 Å². The molecule has 2 heterocycles. The third-order valence-electron chi connectivity index (χ3n) is 5.12. The average molecular weight is 362 g/mol. The molecular weight excluding hydrogens is 336 g/mol. The van der Waals surface area contributed by atoms with Crippen LogP contribution in [0.1, 0.15) is 24.8 Å². The zero-order valence-corrected chi connectivity index (χ0v) is 15.5. The zero-order chi connectivity index (χ0) is 18.5. The monoisotopic (exact) mass is 362 g/mol. The number of para-hydroxylation sites is 1. The van der Waals surface area contributed by atoms with Crippen molar-refractivity contribution in [2.24, 2.45) is 0 Å². The number of nitrogens with one attached hydrogen (secondary N) is 1. The van der Waals surface area contributed by atoms with Crippen molar-refractivity contribution >= 4 is 22.7 Å². The molecule has 0 aliphatic carbocycles. The quantitative estimate of drug-likeness (QED) is 0.701. The molecule has 1 aliphatic rings. The maximum atomic E-state index is 9.92. The lowest BCUT2D eigenvalue weighted by Gasteiger charge is -2.27. The second-order valence-electron chi connectivity index (χ2n) is 7.15. The van der Waals surface area contributed by atoms with Crippen molar-refractivity contribution in [2.45, 2.75) is 31.7 Å². The van der Waals surface area contributed by atoms with E-state index < -0.39 is 0 Å². The molecule has 140 valence electrons. The SMILES string of the molecule is OCC(Cc1ccccc1)Nc1nc(N2CCCCC2)nc2ccccc12. The van der Waals surface area contributed by atoms with Crippen LogP contribution in [-0.2, 0) is 6.42 Å². The van der Waals surface area contributed by atoms with Crippen LogP contribution in [0.2, 0.25) is 0 Å². The molecule has 0 spiro atoms. The summed E-state index contributed by atoms with van der Waals surface area (Å²) in [5.41, 5.74) is 2.13. The minimum atomic E-state index is -0.0973. The van der Waals surface area contributed by atoms with Gasteiger partial charge in [0.2, 0.25) is 5.95 Å². The summed E-state index contributed by atoms with van der Waals surface area (Å²) in [6.45, 7) is 2.06. The lowest BCUT2D eigenvalue weighted by atomic mass is 10.1. The number of piperidine rings is 1. The summed E-state index contributed by atoms with van der Waals surface area (Å²) >= 11 is 0. The van der Waals surface area contributed by atoms with Crippen LogP contribution in [-0.4, -0.2) is 40.8 Å². The van der Waals surface area contributed by atoms with Gasteiger partial charge in [-0.3, -0.25) is 0 Å². The molecule has 27 heavy (non-hydrogen) atoms. The fraction of sp³-hybridized carbons (Fsp3) is 0.364. The zero-order valence-electron chi connectivity index (χ0n) is 15.5. The van der Waals surface area contributed by atoms with Gasteiger partial charge < -0.3 is 15.3 Å². The summed E-state index contributed by atoms with van der Waals surface area (Å²) in [4.78, 5) is 11.9. The van der Waals surface area contributed by atoms with Gasteiger partial charge in [0.15, 0.2) is 0 Å². The third kappa shape index (κ3) is 4.19.